The Morgan fingerprint density at radius 1 is 1.36 bits per heavy atom. The molecule has 0 aromatic rings. The number of rotatable bonds is 6. The third kappa shape index (κ3) is 4.24. The van der Waals surface area contributed by atoms with E-state index in [4.69, 9.17) is 9.16 Å². The van der Waals surface area contributed by atoms with Gasteiger partial charge >= 0.3 is 5.97 Å². The summed E-state index contributed by atoms with van der Waals surface area (Å²) in [6.45, 7) is 11.1. The first-order valence-electron chi connectivity index (χ1n) is 5.26. The van der Waals surface area contributed by atoms with E-state index in [2.05, 4.69) is 0 Å². The lowest BCUT2D eigenvalue weighted by Gasteiger charge is -2.27. The molecule has 0 rings (SSSR count). The first kappa shape index (κ1) is 13.6. The van der Waals surface area contributed by atoms with Gasteiger partial charge < -0.3 is 9.16 Å². The Labute approximate surface area is 87.9 Å². The minimum absolute atomic E-state index is 0.0889. The van der Waals surface area contributed by atoms with E-state index in [1.807, 2.05) is 33.9 Å². The quantitative estimate of drug-likeness (QED) is 0.508. The summed E-state index contributed by atoms with van der Waals surface area (Å²) in [5.74, 6) is -0.114. The maximum absolute atomic E-state index is 11.6. The second kappa shape index (κ2) is 6.19. The molecule has 1 unspecified atom stereocenters. The van der Waals surface area contributed by atoms with E-state index in [0.717, 1.165) is 6.42 Å². The van der Waals surface area contributed by atoms with Gasteiger partial charge in [-0.3, -0.25) is 4.79 Å². The molecule has 1 atom stereocenters. The minimum atomic E-state index is -1.89. The molecular weight excluding hydrogens is 196 g/mol. The number of hydrogen-bond acceptors (Lipinski definition) is 3. The molecule has 3 nitrogen and oxygen atoms in total. The molecule has 0 spiro atoms. The van der Waals surface area contributed by atoms with Crippen LogP contribution in [-0.2, 0) is 14.0 Å². The standard InChI is InChI=1S/C10H22O3Si/c1-6-8-12-10(11)9(3)14(4,5)13-7-2/h9H,6-8H2,1-5H3. The summed E-state index contributed by atoms with van der Waals surface area (Å²) < 4.78 is 10.7. The van der Waals surface area contributed by atoms with E-state index in [1.165, 1.54) is 0 Å². The number of ether oxygens (including phenoxy) is 1. The van der Waals surface area contributed by atoms with Gasteiger partial charge in [0.1, 0.15) is 0 Å². The lowest BCUT2D eigenvalue weighted by atomic mass is 10.5. The Bertz CT molecular complexity index is 180. The zero-order valence-electron chi connectivity index (χ0n) is 9.92. The fourth-order valence-electron chi connectivity index (χ4n) is 1.11. The average Bonchev–Trinajstić information content (AvgIpc) is 2.12. The van der Waals surface area contributed by atoms with Gasteiger partial charge in [-0.2, -0.15) is 0 Å². The van der Waals surface area contributed by atoms with Crippen molar-refractivity contribution < 1.29 is 14.0 Å². The van der Waals surface area contributed by atoms with Gasteiger partial charge in [0.05, 0.1) is 12.1 Å². The van der Waals surface area contributed by atoms with Crippen molar-refractivity contribution >= 4 is 14.3 Å². The Morgan fingerprint density at radius 2 is 1.93 bits per heavy atom. The number of esters is 1. The van der Waals surface area contributed by atoms with Crippen molar-refractivity contribution in [1.29, 1.82) is 0 Å². The maximum Gasteiger partial charge on any atom is 0.308 e. The molecule has 4 heteroatoms. The summed E-state index contributed by atoms with van der Waals surface area (Å²) in [6, 6.07) is 0. The monoisotopic (exact) mass is 218 g/mol. The highest BCUT2D eigenvalue weighted by Crippen LogP contribution is 2.23. The van der Waals surface area contributed by atoms with Crippen LogP contribution in [0.1, 0.15) is 27.2 Å². The third-order valence-corrected chi connectivity index (χ3v) is 5.72. The molecule has 0 amide bonds. The van der Waals surface area contributed by atoms with Crippen molar-refractivity contribution in [2.45, 2.75) is 45.8 Å². The van der Waals surface area contributed by atoms with Crippen molar-refractivity contribution in [1.82, 2.24) is 0 Å². The zero-order valence-corrected chi connectivity index (χ0v) is 10.9. The number of hydrogen-bond donors (Lipinski definition) is 0. The van der Waals surface area contributed by atoms with E-state index in [1.54, 1.807) is 0 Å². The smallest absolute Gasteiger partial charge is 0.308 e. The van der Waals surface area contributed by atoms with E-state index in [-0.39, 0.29) is 11.5 Å². The number of carbonyl (C=O) groups is 1. The molecule has 14 heavy (non-hydrogen) atoms. The second-order valence-corrected chi connectivity index (χ2v) is 8.29. The highest BCUT2D eigenvalue weighted by Gasteiger charge is 2.36. The van der Waals surface area contributed by atoms with Crippen molar-refractivity contribution in [2.24, 2.45) is 0 Å². The Morgan fingerprint density at radius 3 is 2.36 bits per heavy atom. The summed E-state index contributed by atoms with van der Waals surface area (Å²) in [5, 5.41) is 0. The Kier molecular flexibility index (Phi) is 6.03. The SMILES string of the molecule is CCCOC(=O)C(C)[Si](C)(C)OCC. The Hall–Kier alpha value is -0.353. The summed E-state index contributed by atoms with van der Waals surface area (Å²) >= 11 is 0. The van der Waals surface area contributed by atoms with Gasteiger partial charge in [0.15, 0.2) is 8.32 Å². The fourth-order valence-corrected chi connectivity index (χ4v) is 2.75. The average molecular weight is 218 g/mol. The van der Waals surface area contributed by atoms with Crippen LogP contribution in [0.5, 0.6) is 0 Å². The molecular formula is C10H22O3Si. The van der Waals surface area contributed by atoms with Crippen molar-refractivity contribution in [2.75, 3.05) is 13.2 Å². The third-order valence-electron chi connectivity index (χ3n) is 2.36. The highest BCUT2D eigenvalue weighted by molar-refractivity contribution is 6.75. The second-order valence-electron chi connectivity index (χ2n) is 3.93. The van der Waals surface area contributed by atoms with E-state index < -0.39 is 8.32 Å². The molecule has 0 saturated carbocycles. The lowest BCUT2D eigenvalue weighted by Crippen LogP contribution is -2.39. The van der Waals surface area contributed by atoms with Crippen molar-refractivity contribution in [3.63, 3.8) is 0 Å². The van der Waals surface area contributed by atoms with Crippen LogP contribution in [0.25, 0.3) is 0 Å². The molecule has 0 saturated heterocycles. The molecule has 0 aliphatic heterocycles. The van der Waals surface area contributed by atoms with Crippen LogP contribution in [0, 0.1) is 0 Å². The highest BCUT2D eigenvalue weighted by atomic mass is 28.4. The van der Waals surface area contributed by atoms with Crippen LogP contribution >= 0.6 is 0 Å². The van der Waals surface area contributed by atoms with Gasteiger partial charge in [-0.15, -0.1) is 0 Å². The topological polar surface area (TPSA) is 35.5 Å². The summed E-state index contributed by atoms with van der Waals surface area (Å²) in [5.41, 5.74) is -0.0889. The fraction of sp³-hybridized carbons (Fsp3) is 0.900. The van der Waals surface area contributed by atoms with Gasteiger partial charge in [-0.05, 0) is 26.4 Å². The molecule has 0 heterocycles. The lowest BCUT2D eigenvalue weighted by molar-refractivity contribution is -0.143. The number of carbonyl (C=O) groups excluding carboxylic acids is 1. The van der Waals surface area contributed by atoms with E-state index >= 15 is 0 Å². The molecule has 84 valence electrons. The van der Waals surface area contributed by atoms with Gasteiger partial charge in [0.2, 0.25) is 0 Å². The molecule has 0 aliphatic rings. The summed E-state index contributed by atoms with van der Waals surface area (Å²) in [4.78, 5) is 11.6. The summed E-state index contributed by atoms with van der Waals surface area (Å²) in [6.07, 6.45) is 0.870. The largest absolute Gasteiger partial charge is 0.466 e. The molecule has 0 bridgehead atoms. The zero-order chi connectivity index (χ0) is 11.2. The molecule has 0 aromatic carbocycles. The van der Waals surface area contributed by atoms with Crippen LogP contribution in [0.2, 0.25) is 18.6 Å². The molecule has 0 fully saturated rings. The van der Waals surface area contributed by atoms with Gasteiger partial charge in [0.25, 0.3) is 0 Å². The van der Waals surface area contributed by atoms with Crippen LogP contribution in [0.4, 0.5) is 0 Å². The van der Waals surface area contributed by atoms with Crippen LogP contribution in [0.3, 0.4) is 0 Å². The normalized spacial score (nSPS) is 13.8. The van der Waals surface area contributed by atoms with Gasteiger partial charge in [-0.25, -0.2) is 0 Å². The van der Waals surface area contributed by atoms with Crippen molar-refractivity contribution in [3.8, 4) is 0 Å². The Balaban J connectivity index is 4.14. The predicted molar refractivity (Wildman–Crippen MR) is 59.8 cm³/mol. The van der Waals surface area contributed by atoms with E-state index in [9.17, 15) is 4.79 Å². The van der Waals surface area contributed by atoms with Crippen LogP contribution in [-0.4, -0.2) is 27.5 Å². The first-order chi connectivity index (χ1) is 6.45. The minimum Gasteiger partial charge on any atom is -0.466 e. The molecule has 0 aliphatic carbocycles. The van der Waals surface area contributed by atoms with Crippen molar-refractivity contribution in [3.05, 3.63) is 0 Å². The molecule has 0 radical (unpaired) electrons. The van der Waals surface area contributed by atoms with Crippen LogP contribution in [0.15, 0.2) is 0 Å². The van der Waals surface area contributed by atoms with Crippen LogP contribution < -0.4 is 0 Å². The summed E-state index contributed by atoms with van der Waals surface area (Å²) in [7, 11) is -1.89. The first-order valence-corrected chi connectivity index (χ1v) is 8.24. The van der Waals surface area contributed by atoms with Gasteiger partial charge in [0, 0.05) is 6.61 Å². The molecule has 0 aromatic heterocycles. The predicted octanol–water partition coefficient (Wildman–Crippen LogP) is 2.57. The van der Waals surface area contributed by atoms with Gasteiger partial charge in [-0.1, -0.05) is 13.8 Å². The molecule has 0 N–H and O–H groups in total. The van der Waals surface area contributed by atoms with E-state index in [0.29, 0.717) is 13.2 Å². The maximum atomic E-state index is 11.6.